The highest BCUT2D eigenvalue weighted by atomic mass is 16.6. The summed E-state index contributed by atoms with van der Waals surface area (Å²) in [5.41, 5.74) is 0.164. The SMILES string of the molecule is CCCCCOc1nc(NCCC)nc(C)c1[N+](=O)[O-]. The molecule has 0 atom stereocenters. The summed E-state index contributed by atoms with van der Waals surface area (Å²) in [4.78, 5) is 18.8. The van der Waals surface area contributed by atoms with Crippen molar-refractivity contribution >= 4 is 11.6 Å². The average Bonchev–Trinajstić information content (AvgIpc) is 2.40. The Labute approximate surface area is 118 Å². The maximum atomic E-state index is 11.1. The molecule has 0 radical (unpaired) electrons. The molecule has 0 aromatic carbocycles. The number of hydrogen-bond acceptors (Lipinski definition) is 6. The fourth-order valence-electron chi connectivity index (χ4n) is 1.69. The zero-order valence-corrected chi connectivity index (χ0v) is 12.3. The highest BCUT2D eigenvalue weighted by Crippen LogP contribution is 2.28. The topological polar surface area (TPSA) is 90.2 Å². The fourth-order valence-corrected chi connectivity index (χ4v) is 1.69. The zero-order chi connectivity index (χ0) is 15.0. The van der Waals surface area contributed by atoms with E-state index >= 15 is 0 Å². The lowest BCUT2D eigenvalue weighted by atomic mass is 10.3. The highest BCUT2D eigenvalue weighted by Gasteiger charge is 2.23. The van der Waals surface area contributed by atoms with Gasteiger partial charge in [0.25, 0.3) is 5.88 Å². The summed E-state index contributed by atoms with van der Waals surface area (Å²) in [7, 11) is 0. The normalized spacial score (nSPS) is 10.3. The molecular formula is C13H22N4O3. The molecule has 0 fully saturated rings. The van der Waals surface area contributed by atoms with Crippen LogP contribution in [0.4, 0.5) is 11.6 Å². The lowest BCUT2D eigenvalue weighted by molar-refractivity contribution is -0.387. The van der Waals surface area contributed by atoms with Gasteiger partial charge in [0.05, 0.1) is 11.5 Å². The predicted molar refractivity (Wildman–Crippen MR) is 77.2 cm³/mol. The third-order valence-corrected chi connectivity index (χ3v) is 2.73. The van der Waals surface area contributed by atoms with Gasteiger partial charge in [-0.25, -0.2) is 4.98 Å². The molecule has 0 aliphatic heterocycles. The van der Waals surface area contributed by atoms with E-state index in [1.807, 2.05) is 6.92 Å². The van der Waals surface area contributed by atoms with Gasteiger partial charge < -0.3 is 10.1 Å². The quantitative estimate of drug-likeness (QED) is 0.425. The number of unbranched alkanes of at least 4 members (excludes halogenated alkanes) is 2. The molecule has 1 aromatic heterocycles. The molecular weight excluding hydrogens is 260 g/mol. The summed E-state index contributed by atoms with van der Waals surface area (Å²) in [5.74, 6) is 0.428. The monoisotopic (exact) mass is 282 g/mol. The second-order valence-corrected chi connectivity index (χ2v) is 4.53. The standard InChI is InChI=1S/C13H22N4O3/c1-4-6-7-9-20-12-11(17(18)19)10(3)15-13(16-12)14-8-5-2/h4-9H2,1-3H3,(H,14,15,16). The van der Waals surface area contributed by atoms with Gasteiger partial charge in [0.15, 0.2) is 0 Å². The average molecular weight is 282 g/mol. The van der Waals surface area contributed by atoms with Crippen molar-refractivity contribution in [3.05, 3.63) is 15.8 Å². The lowest BCUT2D eigenvalue weighted by Crippen LogP contribution is -2.10. The number of rotatable bonds is 9. The Bertz CT molecular complexity index is 451. The van der Waals surface area contributed by atoms with Crippen LogP contribution in [0.2, 0.25) is 0 Å². The molecule has 0 unspecified atom stereocenters. The van der Waals surface area contributed by atoms with E-state index in [9.17, 15) is 10.1 Å². The smallest absolute Gasteiger partial charge is 0.352 e. The van der Waals surface area contributed by atoms with Gasteiger partial charge in [-0.2, -0.15) is 4.98 Å². The van der Waals surface area contributed by atoms with Gasteiger partial charge in [-0.3, -0.25) is 10.1 Å². The molecule has 0 amide bonds. The molecule has 1 aromatic rings. The lowest BCUT2D eigenvalue weighted by Gasteiger charge is -2.09. The van der Waals surface area contributed by atoms with Crippen LogP contribution < -0.4 is 10.1 Å². The molecule has 1 N–H and O–H groups in total. The van der Waals surface area contributed by atoms with Gasteiger partial charge in [-0.05, 0) is 19.8 Å². The fraction of sp³-hybridized carbons (Fsp3) is 0.692. The number of anilines is 1. The number of hydrogen-bond donors (Lipinski definition) is 1. The number of nitro groups is 1. The number of ether oxygens (including phenoxy) is 1. The molecule has 0 saturated heterocycles. The summed E-state index contributed by atoms with van der Waals surface area (Å²) in [6, 6.07) is 0. The van der Waals surface area contributed by atoms with Crippen LogP contribution in [0.25, 0.3) is 0 Å². The highest BCUT2D eigenvalue weighted by molar-refractivity contribution is 5.48. The van der Waals surface area contributed by atoms with Crippen LogP contribution in [0.1, 0.15) is 45.2 Å². The van der Waals surface area contributed by atoms with Gasteiger partial charge in [-0.1, -0.05) is 26.7 Å². The van der Waals surface area contributed by atoms with Crippen LogP contribution in [0.3, 0.4) is 0 Å². The van der Waals surface area contributed by atoms with Crippen molar-refractivity contribution in [3.63, 3.8) is 0 Å². The maximum Gasteiger partial charge on any atom is 0.352 e. The Morgan fingerprint density at radius 3 is 2.60 bits per heavy atom. The van der Waals surface area contributed by atoms with Gasteiger partial charge in [-0.15, -0.1) is 0 Å². The molecule has 0 bridgehead atoms. The van der Waals surface area contributed by atoms with E-state index in [1.54, 1.807) is 6.92 Å². The predicted octanol–water partition coefficient (Wildman–Crippen LogP) is 3.08. The molecule has 0 aliphatic rings. The molecule has 7 nitrogen and oxygen atoms in total. The first kappa shape index (κ1) is 16.1. The van der Waals surface area contributed by atoms with Crippen molar-refractivity contribution in [3.8, 4) is 5.88 Å². The second kappa shape index (κ2) is 8.29. The minimum absolute atomic E-state index is 0.0530. The van der Waals surface area contributed by atoms with Crippen LogP contribution >= 0.6 is 0 Å². The summed E-state index contributed by atoms with van der Waals surface area (Å²) >= 11 is 0. The minimum Gasteiger partial charge on any atom is -0.473 e. The Morgan fingerprint density at radius 2 is 2.00 bits per heavy atom. The third kappa shape index (κ3) is 4.64. The van der Waals surface area contributed by atoms with Crippen LogP contribution in [-0.2, 0) is 0 Å². The van der Waals surface area contributed by atoms with Crippen molar-refractivity contribution in [2.24, 2.45) is 0 Å². The number of nitrogens with zero attached hydrogens (tertiary/aromatic N) is 3. The summed E-state index contributed by atoms with van der Waals surface area (Å²) in [6.45, 7) is 6.85. The molecule has 20 heavy (non-hydrogen) atoms. The maximum absolute atomic E-state index is 11.1. The molecule has 1 heterocycles. The molecule has 0 aliphatic carbocycles. The minimum atomic E-state index is -0.492. The Kier molecular flexibility index (Phi) is 6.69. The van der Waals surface area contributed by atoms with Crippen molar-refractivity contribution in [2.75, 3.05) is 18.5 Å². The zero-order valence-electron chi connectivity index (χ0n) is 12.3. The van der Waals surface area contributed by atoms with Gasteiger partial charge in [0.1, 0.15) is 5.69 Å². The Balaban J connectivity index is 2.90. The van der Waals surface area contributed by atoms with Crippen LogP contribution in [-0.4, -0.2) is 28.0 Å². The van der Waals surface area contributed by atoms with E-state index in [1.165, 1.54) is 0 Å². The molecule has 1 rings (SSSR count). The van der Waals surface area contributed by atoms with Crippen molar-refractivity contribution in [2.45, 2.75) is 46.5 Å². The Hall–Kier alpha value is -1.92. The molecule has 0 saturated carbocycles. The molecule has 112 valence electrons. The van der Waals surface area contributed by atoms with Crippen molar-refractivity contribution < 1.29 is 9.66 Å². The van der Waals surface area contributed by atoms with E-state index in [2.05, 4.69) is 22.2 Å². The first-order valence-corrected chi connectivity index (χ1v) is 6.99. The number of aryl methyl sites for hydroxylation is 1. The second-order valence-electron chi connectivity index (χ2n) is 4.53. The summed E-state index contributed by atoms with van der Waals surface area (Å²) < 4.78 is 5.47. The largest absolute Gasteiger partial charge is 0.473 e. The van der Waals surface area contributed by atoms with E-state index in [0.29, 0.717) is 24.8 Å². The number of aromatic nitrogens is 2. The van der Waals surface area contributed by atoms with Crippen LogP contribution in [0.5, 0.6) is 5.88 Å². The first-order valence-electron chi connectivity index (χ1n) is 6.99. The molecule has 0 spiro atoms. The van der Waals surface area contributed by atoms with Gasteiger partial charge in [0.2, 0.25) is 5.95 Å². The molecule has 7 heteroatoms. The van der Waals surface area contributed by atoms with Crippen LogP contribution in [0.15, 0.2) is 0 Å². The van der Waals surface area contributed by atoms with Crippen LogP contribution in [0, 0.1) is 17.0 Å². The third-order valence-electron chi connectivity index (χ3n) is 2.73. The van der Waals surface area contributed by atoms with Crippen molar-refractivity contribution in [1.29, 1.82) is 0 Å². The van der Waals surface area contributed by atoms with Gasteiger partial charge >= 0.3 is 5.69 Å². The van der Waals surface area contributed by atoms with Crippen molar-refractivity contribution in [1.82, 2.24) is 9.97 Å². The van der Waals surface area contributed by atoms with E-state index in [-0.39, 0.29) is 11.6 Å². The Morgan fingerprint density at radius 1 is 1.25 bits per heavy atom. The first-order chi connectivity index (χ1) is 9.60. The van der Waals surface area contributed by atoms with E-state index in [0.717, 1.165) is 25.7 Å². The van der Waals surface area contributed by atoms with E-state index < -0.39 is 4.92 Å². The summed E-state index contributed by atoms with van der Waals surface area (Å²) in [5, 5.41) is 14.1. The number of nitrogens with one attached hydrogen (secondary N) is 1. The van der Waals surface area contributed by atoms with E-state index in [4.69, 9.17) is 4.74 Å². The summed E-state index contributed by atoms with van der Waals surface area (Å²) in [6.07, 6.45) is 3.87. The van der Waals surface area contributed by atoms with Gasteiger partial charge in [0, 0.05) is 6.54 Å².